The van der Waals surface area contributed by atoms with Crippen molar-refractivity contribution in [2.24, 2.45) is 5.18 Å². The van der Waals surface area contributed by atoms with Crippen LogP contribution in [0.3, 0.4) is 0 Å². The van der Waals surface area contributed by atoms with Crippen molar-refractivity contribution in [3.05, 3.63) is 88.1 Å². The summed E-state index contributed by atoms with van der Waals surface area (Å²) in [6, 6.07) is 17.1. The van der Waals surface area contributed by atoms with Gasteiger partial charge in [0.05, 0.1) is 23.1 Å². The number of amides is 1. The van der Waals surface area contributed by atoms with Crippen molar-refractivity contribution < 1.29 is 4.79 Å². The normalized spacial score (nSPS) is 25.1. The van der Waals surface area contributed by atoms with Gasteiger partial charge in [-0.15, -0.1) is 4.91 Å². The smallest absolute Gasteiger partial charge is 0.238 e. The van der Waals surface area contributed by atoms with Gasteiger partial charge < -0.3 is 10.2 Å². The Labute approximate surface area is 176 Å². The molecule has 1 saturated carbocycles. The second-order valence-electron chi connectivity index (χ2n) is 8.40. The molecule has 2 aromatic carbocycles. The summed E-state index contributed by atoms with van der Waals surface area (Å²) in [6.45, 7) is 5.95. The first-order valence-electron chi connectivity index (χ1n) is 10.0. The summed E-state index contributed by atoms with van der Waals surface area (Å²) in [5.74, 6) is -0.0999. The van der Waals surface area contributed by atoms with Gasteiger partial charge >= 0.3 is 0 Å². The van der Waals surface area contributed by atoms with E-state index in [-0.39, 0.29) is 5.91 Å². The number of rotatable bonds is 4. The zero-order valence-corrected chi connectivity index (χ0v) is 17.2. The monoisotopic (exact) mass is 400 g/mol. The zero-order chi connectivity index (χ0) is 21.5. The fourth-order valence-corrected chi connectivity index (χ4v) is 4.59. The lowest BCUT2D eigenvalue weighted by Crippen LogP contribution is -2.57. The molecular weight excluding hydrogens is 376 g/mol. The summed E-state index contributed by atoms with van der Waals surface area (Å²) in [4.78, 5) is 26.3. The molecule has 30 heavy (non-hydrogen) atoms. The van der Waals surface area contributed by atoms with E-state index in [0.29, 0.717) is 11.4 Å². The molecule has 2 fully saturated rings. The summed E-state index contributed by atoms with van der Waals surface area (Å²) >= 11 is 0. The maximum absolute atomic E-state index is 13.4. The molecule has 6 nitrogen and oxygen atoms in total. The second kappa shape index (κ2) is 7.10. The van der Waals surface area contributed by atoms with Crippen LogP contribution in [0.1, 0.15) is 54.4 Å². The fraction of sp³-hybridized carbons (Fsp3) is 0.333. The topological polar surface area (TPSA) is 85.6 Å². The molecule has 0 bridgehead atoms. The van der Waals surface area contributed by atoms with Gasteiger partial charge in [0.1, 0.15) is 11.4 Å². The van der Waals surface area contributed by atoms with E-state index < -0.39 is 17.0 Å². The standard InChI is InChI=1S/C24H24N4O2/c1-16-26-23(2,20-7-4-6-17(14-20)15-25)21(22(29)28(16)3)18-8-10-19(11-9-18)24(27-30)12-5-13-24/h4,6-11,14,21,26H,1,5,12-13H2,2-3H3/t21?,23-/m1/s1. The van der Waals surface area contributed by atoms with Gasteiger partial charge in [-0.3, -0.25) is 4.79 Å². The molecule has 1 amide bonds. The first kappa shape index (κ1) is 19.8. The molecule has 0 spiro atoms. The summed E-state index contributed by atoms with van der Waals surface area (Å²) in [6.07, 6.45) is 2.53. The first-order valence-corrected chi connectivity index (χ1v) is 10.0. The Morgan fingerprint density at radius 3 is 2.47 bits per heavy atom. The number of hydrogen-bond acceptors (Lipinski definition) is 5. The molecule has 2 aliphatic rings. The summed E-state index contributed by atoms with van der Waals surface area (Å²) < 4.78 is 0. The number of nitrogens with zero attached hydrogens (tertiary/aromatic N) is 3. The number of nitriles is 1. The Morgan fingerprint density at radius 2 is 1.90 bits per heavy atom. The first-order chi connectivity index (χ1) is 14.3. The van der Waals surface area contributed by atoms with E-state index >= 15 is 0 Å². The van der Waals surface area contributed by atoms with Crippen molar-refractivity contribution in [1.82, 2.24) is 10.2 Å². The number of hydrogen-bond donors (Lipinski definition) is 1. The van der Waals surface area contributed by atoms with Gasteiger partial charge in [0.15, 0.2) is 0 Å². The molecule has 1 unspecified atom stereocenters. The third-order valence-electron chi connectivity index (χ3n) is 6.69. The highest BCUT2D eigenvalue weighted by molar-refractivity contribution is 5.88. The minimum Gasteiger partial charge on any atom is -0.362 e. The van der Waals surface area contributed by atoms with E-state index in [1.807, 2.05) is 43.3 Å². The Kier molecular flexibility index (Phi) is 4.70. The van der Waals surface area contributed by atoms with E-state index in [0.717, 1.165) is 36.0 Å². The van der Waals surface area contributed by atoms with Crippen LogP contribution < -0.4 is 5.32 Å². The molecule has 0 radical (unpaired) electrons. The van der Waals surface area contributed by atoms with Gasteiger partial charge in [-0.1, -0.05) is 48.2 Å². The highest BCUT2D eigenvalue weighted by atomic mass is 16.3. The third-order valence-corrected chi connectivity index (χ3v) is 6.69. The molecule has 2 atom stereocenters. The molecule has 152 valence electrons. The van der Waals surface area contributed by atoms with E-state index in [4.69, 9.17) is 0 Å². The van der Waals surface area contributed by atoms with Crippen LogP contribution in [0.15, 0.2) is 66.1 Å². The van der Waals surface area contributed by atoms with E-state index in [1.165, 1.54) is 4.90 Å². The molecule has 0 aromatic heterocycles. The summed E-state index contributed by atoms with van der Waals surface area (Å²) in [5, 5.41) is 16.1. The number of carbonyl (C=O) groups is 1. The Hall–Kier alpha value is -3.46. The summed E-state index contributed by atoms with van der Waals surface area (Å²) in [5.41, 5.74) is 1.69. The SMILES string of the molecule is C=C1N[C@](C)(c2cccc(C#N)c2)C(c2ccc(C3(N=O)CCC3)cc2)C(=O)N1C. The quantitative estimate of drug-likeness (QED) is 0.778. The van der Waals surface area contributed by atoms with Crippen molar-refractivity contribution in [2.75, 3.05) is 7.05 Å². The molecule has 4 rings (SSSR count). The minimum absolute atomic E-state index is 0.0803. The highest BCUT2D eigenvalue weighted by Crippen LogP contribution is 2.46. The van der Waals surface area contributed by atoms with Crippen LogP contribution in [-0.4, -0.2) is 17.9 Å². The largest absolute Gasteiger partial charge is 0.362 e. The lowest BCUT2D eigenvalue weighted by Gasteiger charge is -2.47. The minimum atomic E-state index is -0.786. The van der Waals surface area contributed by atoms with Crippen LogP contribution in [0, 0.1) is 16.2 Å². The van der Waals surface area contributed by atoms with Crippen molar-refractivity contribution in [2.45, 2.75) is 43.2 Å². The second-order valence-corrected chi connectivity index (χ2v) is 8.40. The van der Waals surface area contributed by atoms with Crippen LogP contribution in [0.25, 0.3) is 0 Å². The molecule has 1 aliphatic heterocycles. The number of benzene rings is 2. The van der Waals surface area contributed by atoms with Gasteiger partial charge in [0.2, 0.25) is 5.91 Å². The van der Waals surface area contributed by atoms with Crippen LogP contribution >= 0.6 is 0 Å². The number of nitrogens with one attached hydrogen (secondary N) is 1. The Balaban J connectivity index is 1.79. The molecule has 6 heteroatoms. The molecule has 1 aliphatic carbocycles. The van der Waals surface area contributed by atoms with Gasteiger partial charge in [-0.05, 0) is 55.0 Å². The molecule has 1 N–H and O–H groups in total. The van der Waals surface area contributed by atoms with Gasteiger partial charge in [-0.2, -0.15) is 5.26 Å². The number of nitroso groups, excluding NO2 is 1. The molecule has 1 saturated heterocycles. The third kappa shape index (κ3) is 2.89. The van der Waals surface area contributed by atoms with E-state index in [1.54, 1.807) is 19.2 Å². The Bertz CT molecular complexity index is 1070. The fourth-order valence-electron chi connectivity index (χ4n) is 4.59. The average molecular weight is 400 g/mol. The van der Waals surface area contributed by atoms with Crippen molar-refractivity contribution in [3.8, 4) is 6.07 Å². The van der Waals surface area contributed by atoms with E-state index in [9.17, 15) is 15.0 Å². The molecule has 1 heterocycles. The molecule has 2 aromatic rings. The van der Waals surface area contributed by atoms with Crippen LogP contribution in [0.2, 0.25) is 0 Å². The van der Waals surface area contributed by atoms with Crippen molar-refractivity contribution in [3.63, 3.8) is 0 Å². The van der Waals surface area contributed by atoms with E-state index in [2.05, 4.69) is 23.1 Å². The predicted molar refractivity (Wildman–Crippen MR) is 114 cm³/mol. The van der Waals surface area contributed by atoms with Gasteiger partial charge in [0.25, 0.3) is 0 Å². The van der Waals surface area contributed by atoms with Crippen molar-refractivity contribution >= 4 is 5.91 Å². The van der Waals surface area contributed by atoms with Crippen LogP contribution in [-0.2, 0) is 15.9 Å². The lowest BCUT2D eigenvalue weighted by molar-refractivity contribution is -0.134. The summed E-state index contributed by atoms with van der Waals surface area (Å²) in [7, 11) is 1.70. The Morgan fingerprint density at radius 1 is 1.20 bits per heavy atom. The zero-order valence-electron chi connectivity index (χ0n) is 17.2. The molecular formula is C24H24N4O2. The lowest BCUT2D eigenvalue weighted by atomic mass is 9.70. The van der Waals surface area contributed by atoms with Gasteiger partial charge in [-0.25, -0.2) is 0 Å². The van der Waals surface area contributed by atoms with Crippen molar-refractivity contribution in [1.29, 1.82) is 5.26 Å². The predicted octanol–water partition coefficient (Wildman–Crippen LogP) is 4.24. The van der Waals surface area contributed by atoms with Gasteiger partial charge in [0, 0.05) is 7.05 Å². The maximum Gasteiger partial charge on any atom is 0.238 e. The highest BCUT2D eigenvalue weighted by Gasteiger charge is 2.48. The van der Waals surface area contributed by atoms with Crippen LogP contribution in [0.5, 0.6) is 0 Å². The van der Waals surface area contributed by atoms with Crippen LogP contribution in [0.4, 0.5) is 0 Å². The number of carbonyl (C=O) groups excluding carboxylic acids is 1. The average Bonchev–Trinajstić information content (AvgIpc) is 2.73. The number of likely N-dealkylation sites (N-methyl/N-ethyl adjacent to an activating group) is 1. The maximum atomic E-state index is 13.4.